The average Bonchev–Trinajstić information content (AvgIpc) is 3.24. The predicted molar refractivity (Wildman–Crippen MR) is 112 cm³/mol. The maximum Gasteiger partial charge on any atom is 0.274 e. The van der Waals surface area contributed by atoms with Crippen LogP contribution in [-0.2, 0) is 0 Å². The van der Waals surface area contributed by atoms with Crippen LogP contribution in [0.25, 0.3) is 11.3 Å². The van der Waals surface area contributed by atoms with E-state index in [1.807, 2.05) is 41.3 Å². The van der Waals surface area contributed by atoms with Gasteiger partial charge in [-0.1, -0.05) is 24.0 Å². The highest BCUT2D eigenvalue weighted by Crippen LogP contribution is 2.26. The lowest BCUT2D eigenvalue weighted by atomic mass is 10.1. The third-order valence-electron chi connectivity index (χ3n) is 4.86. The fourth-order valence-corrected chi connectivity index (χ4v) is 3.28. The van der Waals surface area contributed by atoms with Gasteiger partial charge in [-0.3, -0.25) is 15.0 Å². The molecule has 3 heterocycles. The second-order valence-corrected chi connectivity index (χ2v) is 7.00. The molecular weight excluding hydrogens is 380 g/mol. The van der Waals surface area contributed by atoms with Crippen molar-refractivity contribution in [3.05, 3.63) is 77.6 Å². The summed E-state index contributed by atoms with van der Waals surface area (Å²) in [6.45, 7) is 1.11. The van der Waals surface area contributed by atoms with Crippen LogP contribution in [0.4, 0.5) is 5.82 Å². The zero-order chi connectivity index (χ0) is 20.9. The van der Waals surface area contributed by atoms with Crippen molar-refractivity contribution in [2.24, 2.45) is 0 Å². The van der Waals surface area contributed by atoms with E-state index in [9.17, 15) is 9.90 Å². The van der Waals surface area contributed by atoms with Gasteiger partial charge in [0.2, 0.25) is 0 Å². The molecule has 3 aromatic rings. The van der Waals surface area contributed by atoms with E-state index in [2.05, 4.69) is 21.8 Å². The van der Waals surface area contributed by atoms with Gasteiger partial charge in [0.25, 0.3) is 5.91 Å². The molecule has 7 heteroatoms. The molecule has 1 unspecified atom stereocenters. The van der Waals surface area contributed by atoms with Crippen LogP contribution in [0.15, 0.2) is 60.9 Å². The number of aliphatic hydroxyl groups is 1. The molecule has 1 atom stereocenters. The molecule has 30 heavy (non-hydrogen) atoms. The van der Waals surface area contributed by atoms with Crippen molar-refractivity contribution in [2.75, 3.05) is 18.0 Å². The molecule has 1 saturated heterocycles. The molecule has 0 bridgehead atoms. The number of β-amino-alcohol motifs (C(OH)–C–C–N with tert-alkyl or cyclic N) is 1. The second kappa shape index (κ2) is 8.74. The molecule has 1 aliphatic heterocycles. The lowest BCUT2D eigenvalue weighted by Gasteiger charge is -2.18. The van der Waals surface area contributed by atoms with Crippen molar-refractivity contribution in [3.8, 4) is 23.1 Å². The van der Waals surface area contributed by atoms with Crippen molar-refractivity contribution in [3.63, 3.8) is 0 Å². The van der Waals surface area contributed by atoms with E-state index in [1.165, 1.54) is 0 Å². The number of carbonyl (C=O) groups is 1. The Kier molecular flexibility index (Phi) is 5.70. The topological polar surface area (TPSA) is 98.6 Å². The molecule has 1 aromatic carbocycles. The van der Waals surface area contributed by atoms with Gasteiger partial charge in [0.05, 0.1) is 11.8 Å². The molecule has 1 aliphatic rings. The normalized spacial score (nSPS) is 15.4. The smallest absolute Gasteiger partial charge is 0.274 e. The molecular formula is C23H20N4O3. The van der Waals surface area contributed by atoms with E-state index in [4.69, 9.17) is 5.21 Å². The molecule has 0 radical (unpaired) electrons. The van der Waals surface area contributed by atoms with E-state index in [1.54, 1.807) is 30.0 Å². The summed E-state index contributed by atoms with van der Waals surface area (Å²) in [6.07, 6.45) is 3.65. The minimum absolute atomic E-state index is 0.291. The number of nitrogens with one attached hydrogen (secondary N) is 1. The minimum Gasteiger partial charge on any atom is -0.391 e. The first-order valence-electron chi connectivity index (χ1n) is 9.54. The largest absolute Gasteiger partial charge is 0.391 e. The third kappa shape index (κ3) is 4.46. The Morgan fingerprint density at radius 3 is 2.60 bits per heavy atom. The van der Waals surface area contributed by atoms with Gasteiger partial charge in [-0.05, 0) is 42.8 Å². The second-order valence-electron chi connectivity index (χ2n) is 7.00. The van der Waals surface area contributed by atoms with Crippen molar-refractivity contribution in [1.82, 2.24) is 15.4 Å². The monoisotopic (exact) mass is 400 g/mol. The first-order valence-corrected chi connectivity index (χ1v) is 9.54. The molecule has 7 nitrogen and oxygen atoms in total. The van der Waals surface area contributed by atoms with Crippen LogP contribution in [0, 0.1) is 11.8 Å². The first-order chi connectivity index (χ1) is 14.6. The van der Waals surface area contributed by atoms with Crippen LogP contribution in [0.1, 0.15) is 27.9 Å². The van der Waals surface area contributed by atoms with Gasteiger partial charge < -0.3 is 10.0 Å². The Balaban J connectivity index is 1.64. The Bertz CT molecular complexity index is 1100. The van der Waals surface area contributed by atoms with Crippen LogP contribution in [0.2, 0.25) is 0 Å². The first kappa shape index (κ1) is 19.6. The van der Waals surface area contributed by atoms with Crippen LogP contribution < -0.4 is 10.4 Å². The van der Waals surface area contributed by atoms with E-state index >= 15 is 0 Å². The van der Waals surface area contributed by atoms with Gasteiger partial charge in [0.15, 0.2) is 0 Å². The molecule has 3 N–H and O–H groups in total. The van der Waals surface area contributed by atoms with E-state index < -0.39 is 12.0 Å². The van der Waals surface area contributed by atoms with Crippen LogP contribution in [0.3, 0.4) is 0 Å². The fourth-order valence-electron chi connectivity index (χ4n) is 3.28. The fraction of sp³-hybridized carbons (Fsp3) is 0.174. The van der Waals surface area contributed by atoms with E-state index in [0.717, 1.165) is 16.7 Å². The molecule has 0 spiro atoms. The Hall–Kier alpha value is -3.73. The van der Waals surface area contributed by atoms with Gasteiger partial charge in [-0.15, -0.1) is 0 Å². The van der Waals surface area contributed by atoms with Crippen LogP contribution >= 0.6 is 0 Å². The number of benzene rings is 1. The summed E-state index contributed by atoms with van der Waals surface area (Å²) in [5.74, 6) is 6.13. The average molecular weight is 400 g/mol. The minimum atomic E-state index is -0.612. The summed E-state index contributed by atoms with van der Waals surface area (Å²) >= 11 is 0. The number of amides is 1. The number of nitrogens with zero attached hydrogens (tertiary/aromatic N) is 3. The van der Waals surface area contributed by atoms with Crippen molar-refractivity contribution >= 4 is 11.7 Å². The summed E-state index contributed by atoms with van der Waals surface area (Å²) in [5.41, 5.74) is 5.05. The number of aromatic nitrogens is 2. The zero-order valence-electron chi connectivity index (χ0n) is 16.1. The zero-order valence-corrected chi connectivity index (χ0v) is 16.1. The highest BCUT2D eigenvalue weighted by Gasteiger charge is 2.23. The van der Waals surface area contributed by atoms with Gasteiger partial charge >= 0.3 is 0 Å². The van der Waals surface area contributed by atoms with E-state index in [0.29, 0.717) is 36.6 Å². The van der Waals surface area contributed by atoms with Crippen molar-refractivity contribution in [2.45, 2.75) is 12.5 Å². The summed E-state index contributed by atoms with van der Waals surface area (Å²) < 4.78 is 0. The number of hydroxylamine groups is 1. The van der Waals surface area contributed by atoms with Gasteiger partial charge in [-0.2, -0.15) is 0 Å². The molecule has 0 saturated carbocycles. The molecule has 150 valence electrons. The quantitative estimate of drug-likeness (QED) is 0.354. The van der Waals surface area contributed by atoms with Crippen LogP contribution in [-0.4, -0.2) is 45.4 Å². The van der Waals surface area contributed by atoms with Gasteiger partial charge in [0, 0.05) is 47.7 Å². The lowest BCUT2D eigenvalue weighted by molar-refractivity contribution is 0.0706. The third-order valence-corrected chi connectivity index (χ3v) is 4.86. The molecule has 1 fully saturated rings. The highest BCUT2D eigenvalue weighted by atomic mass is 16.5. The maximum atomic E-state index is 12.0. The number of pyridine rings is 2. The van der Waals surface area contributed by atoms with Gasteiger partial charge in [-0.25, -0.2) is 10.5 Å². The summed E-state index contributed by atoms with van der Waals surface area (Å²) in [6, 6.07) is 14.5. The number of carbonyl (C=O) groups excluding carboxylic acids is 1. The van der Waals surface area contributed by atoms with Gasteiger partial charge in [0.1, 0.15) is 5.82 Å². The number of hydrogen-bond acceptors (Lipinski definition) is 6. The molecule has 1 amide bonds. The molecule has 2 aromatic heterocycles. The predicted octanol–water partition coefficient (Wildman–Crippen LogP) is 2.23. The SMILES string of the molecule is O=C(NO)c1cc(-c2ccc(C#Cc3cccnc3)cc2)nc(N2CCC(O)C2)c1. The number of rotatable bonds is 3. The lowest BCUT2D eigenvalue weighted by Crippen LogP contribution is -2.24. The summed E-state index contributed by atoms with van der Waals surface area (Å²) in [5, 5.41) is 18.9. The number of aliphatic hydroxyl groups excluding tert-OH is 1. The number of hydrogen-bond donors (Lipinski definition) is 3. The summed E-state index contributed by atoms with van der Waals surface area (Å²) in [4.78, 5) is 22.7. The molecule has 4 rings (SSSR count). The maximum absolute atomic E-state index is 12.0. The standard InChI is InChI=1S/C23H20N4O3/c28-20-9-11-27(15-20)22-13-19(23(29)26-30)12-21(25-22)18-7-5-16(6-8-18)3-4-17-2-1-10-24-14-17/h1-2,5-8,10,12-14,20,28,30H,9,11,15H2,(H,26,29). The van der Waals surface area contributed by atoms with Crippen molar-refractivity contribution in [1.29, 1.82) is 0 Å². The highest BCUT2D eigenvalue weighted by molar-refractivity contribution is 5.95. The van der Waals surface area contributed by atoms with Crippen molar-refractivity contribution < 1.29 is 15.1 Å². The Morgan fingerprint density at radius 2 is 1.93 bits per heavy atom. The summed E-state index contributed by atoms with van der Waals surface area (Å²) in [7, 11) is 0. The number of anilines is 1. The Morgan fingerprint density at radius 1 is 1.13 bits per heavy atom. The Labute approximate surface area is 174 Å². The molecule has 0 aliphatic carbocycles. The van der Waals surface area contributed by atoms with Crippen LogP contribution in [0.5, 0.6) is 0 Å². The van der Waals surface area contributed by atoms with E-state index in [-0.39, 0.29) is 0 Å².